The lowest BCUT2D eigenvalue weighted by molar-refractivity contribution is -0.136. The zero-order valence-corrected chi connectivity index (χ0v) is 29.0. The van der Waals surface area contributed by atoms with E-state index in [4.69, 9.17) is 9.72 Å². The van der Waals surface area contributed by atoms with Crippen molar-refractivity contribution < 1.29 is 18.7 Å². The van der Waals surface area contributed by atoms with Crippen molar-refractivity contribution in [2.45, 2.75) is 122 Å². The van der Waals surface area contributed by atoms with Gasteiger partial charge in [0.15, 0.2) is 0 Å². The highest BCUT2D eigenvalue weighted by Gasteiger charge is 2.45. The van der Waals surface area contributed by atoms with E-state index in [0.29, 0.717) is 31.2 Å². The number of carbonyl (C=O) groups excluding carboxylic acids is 2. The Bertz CT molecular complexity index is 1570. The molecule has 8 nitrogen and oxygen atoms in total. The van der Waals surface area contributed by atoms with E-state index in [9.17, 15) is 14.0 Å². The van der Waals surface area contributed by atoms with Gasteiger partial charge in [0.1, 0.15) is 23.3 Å². The second-order valence-corrected chi connectivity index (χ2v) is 15.5. The van der Waals surface area contributed by atoms with Crippen LogP contribution in [0.3, 0.4) is 0 Å². The number of para-hydroxylation sites is 2. The Hall–Kier alpha value is -3.46. The van der Waals surface area contributed by atoms with Gasteiger partial charge in [0.05, 0.1) is 11.0 Å². The molecule has 3 aliphatic heterocycles. The van der Waals surface area contributed by atoms with Crippen LogP contribution in [0.25, 0.3) is 11.0 Å². The van der Waals surface area contributed by atoms with E-state index in [2.05, 4.69) is 52.0 Å². The number of hydrogen-bond donors (Lipinski definition) is 1. The first-order valence-corrected chi connectivity index (χ1v) is 17.6. The van der Waals surface area contributed by atoms with Gasteiger partial charge in [0, 0.05) is 31.2 Å². The van der Waals surface area contributed by atoms with Crippen LogP contribution < -0.4 is 5.32 Å². The first-order chi connectivity index (χ1) is 22.3. The molecule has 1 aromatic heterocycles. The molecule has 3 aliphatic rings. The van der Waals surface area contributed by atoms with Crippen LogP contribution in [0.5, 0.6) is 0 Å². The minimum atomic E-state index is -0.667. The van der Waals surface area contributed by atoms with E-state index in [0.717, 1.165) is 55.6 Å². The maximum Gasteiger partial charge on any atom is 0.408 e. The van der Waals surface area contributed by atoms with Crippen molar-refractivity contribution in [2.75, 3.05) is 19.6 Å². The van der Waals surface area contributed by atoms with Gasteiger partial charge in [-0.3, -0.25) is 9.69 Å². The zero-order valence-electron chi connectivity index (χ0n) is 29.0. The van der Waals surface area contributed by atoms with Crippen LogP contribution in [-0.4, -0.2) is 74.7 Å². The fraction of sp³-hybridized carbons (Fsp3) is 0.605. The SMILES string of the molecule is Cc1nc2ccccc2n1[C@H]1C[C@H]2CC[C@@H](C1)N2CCC1(c2cccc(F)c2)CCN(C(=O)[C@@H](NC(=O)OC(C)(C)C)C(C)C)CC1. The van der Waals surface area contributed by atoms with E-state index < -0.39 is 17.7 Å². The molecule has 0 aliphatic carbocycles. The number of piperidine rings is 2. The Balaban J connectivity index is 1.15. The predicted octanol–water partition coefficient (Wildman–Crippen LogP) is 7.15. The number of nitrogens with zero attached hydrogens (tertiary/aromatic N) is 4. The summed E-state index contributed by atoms with van der Waals surface area (Å²) in [5, 5.41) is 2.83. The highest BCUT2D eigenvalue weighted by molar-refractivity contribution is 5.86. The van der Waals surface area contributed by atoms with Gasteiger partial charge < -0.3 is 19.5 Å². The number of rotatable bonds is 8. The highest BCUT2D eigenvalue weighted by atomic mass is 19.1. The third-order valence-electron chi connectivity index (χ3n) is 10.9. The van der Waals surface area contributed by atoms with E-state index >= 15 is 0 Å². The normalized spacial score (nSPS) is 23.7. The van der Waals surface area contributed by atoms with Crippen molar-refractivity contribution in [3.05, 3.63) is 65.7 Å². The lowest BCUT2D eigenvalue weighted by Crippen LogP contribution is -2.55. The number of aryl methyl sites for hydroxylation is 1. The Morgan fingerprint density at radius 3 is 2.34 bits per heavy atom. The summed E-state index contributed by atoms with van der Waals surface area (Å²) in [6, 6.07) is 16.4. The van der Waals surface area contributed by atoms with Crippen LogP contribution in [0, 0.1) is 18.7 Å². The van der Waals surface area contributed by atoms with Crippen molar-refractivity contribution >= 4 is 23.0 Å². The summed E-state index contributed by atoms with van der Waals surface area (Å²) >= 11 is 0. The summed E-state index contributed by atoms with van der Waals surface area (Å²) in [4.78, 5) is 35.8. The molecule has 2 aromatic carbocycles. The summed E-state index contributed by atoms with van der Waals surface area (Å²) < 4.78 is 22.6. The van der Waals surface area contributed by atoms with Crippen LogP contribution in [0.4, 0.5) is 9.18 Å². The first kappa shape index (κ1) is 33.4. The number of fused-ring (bicyclic) bond motifs is 3. The summed E-state index contributed by atoms with van der Waals surface area (Å²) in [7, 11) is 0. The van der Waals surface area contributed by atoms with Gasteiger partial charge in [0.25, 0.3) is 0 Å². The number of nitrogens with one attached hydrogen (secondary N) is 1. The molecular weight excluding hydrogens is 593 g/mol. The number of imidazole rings is 1. The Kier molecular flexibility index (Phi) is 9.40. The van der Waals surface area contributed by atoms with Crippen molar-refractivity contribution in [3.63, 3.8) is 0 Å². The highest BCUT2D eigenvalue weighted by Crippen LogP contribution is 2.45. The van der Waals surface area contributed by atoms with Crippen LogP contribution in [0.1, 0.15) is 97.0 Å². The molecule has 2 amide bonds. The van der Waals surface area contributed by atoms with Crippen molar-refractivity contribution in [2.24, 2.45) is 5.92 Å². The lowest BCUT2D eigenvalue weighted by atomic mass is 9.70. The summed E-state index contributed by atoms with van der Waals surface area (Å²) in [5.74, 6) is 0.704. The monoisotopic (exact) mass is 645 g/mol. The molecule has 0 spiro atoms. The fourth-order valence-electron chi connectivity index (χ4n) is 8.59. The number of carbonyl (C=O) groups is 2. The molecule has 3 saturated heterocycles. The predicted molar refractivity (Wildman–Crippen MR) is 183 cm³/mol. The lowest BCUT2D eigenvalue weighted by Gasteiger charge is -2.46. The molecule has 3 fully saturated rings. The van der Waals surface area contributed by atoms with E-state index in [-0.39, 0.29) is 23.1 Å². The quantitative estimate of drug-likeness (QED) is 0.282. The van der Waals surface area contributed by atoms with Crippen molar-refractivity contribution in [1.29, 1.82) is 0 Å². The Morgan fingerprint density at radius 2 is 1.70 bits per heavy atom. The number of benzene rings is 2. The molecule has 1 N–H and O–H groups in total. The molecule has 2 bridgehead atoms. The largest absolute Gasteiger partial charge is 0.444 e. The molecule has 9 heteroatoms. The molecule has 6 rings (SSSR count). The molecule has 0 saturated carbocycles. The number of aromatic nitrogens is 2. The standard InChI is InChI=1S/C38H52FN5O3/c1-25(2)34(41-36(46)47-37(4,5)6)35(45)42-19-16-38(17-20-42,27-10-9-11-28(39)22-27)18-21-43-29-14-15-30(43)24-31(23-29)44-26(3)40-32-12-7-8-13-33(32)44/h7-13,22,25,29-31,34H,14-21,23-24H2,1-6H3,(H,41,46)/t29-,30+,31+,34-/m0/s1. The summed E-state index contributed by atoms with van der Waals surface area (Å²) in [5.41, 5.74) is 2.46. The van der Waals surface area contributed by atoms with Gasteiger partial charge in [-0.05, 0) is 120 Å². The Labute approximate surface area is 279 Å². The van der Waals surface area contributed by atoms with Crippen LogP contribution in [0.15, 0.2) is 48.5 Å². The van der Waals surface area contributed by atoms with Crippen LogP contribution >= 0.6 is 0 Å². The van der Waals surface area contributed by atoms with Gasteiger partial charge in [0.2, 0.25) is 5.91 Å². The number of amides is 2. The van der Waals surface area contributed by atoms with Gasteiger partial charge >= 0.3 is 6.09 Å². The molecule has 4 heterocycles. The fourth-order valence-corrected chi connectivity index (χ4v) is 8.59. The summed E-state index contributed by atoms with van der Waals surface area (Å²) in [6.45, 7) is 13.5. The van der Waals surface area contributed by atoms with Gasteiger partial charge in [-0.15, -0.1) is 0 Å². The average molecular weight is 646 g/mol. The maximum atomic E-state index is 14.6. The third kappa shape index (κ3) is 7.06. The zero-order chi connectivity index (χ0) is 33.5. The first-order valence-electron chi connectivity index (χ1n) is 17.6. The number of likely N-dealkylation sites (tertiary alicyclic amines) is 1. The second-order valence-electron chi connectivity index (χ2n) is 15.5. The molecule has 0 radical (unpaired) electrons. The average Bonchev–Trinajstić information content (AvgIpc) is 3.48. The number of halogens is 1. The third-order valence-corrected chi connectivity index (χ3v) is 10.9. The summed E-state index contributed by atoms with van der Waals surface area (Å²) in [6.07, 6.45) is 6.52. The van der Waals surface area contributed by atoms with Gasteiger partial charge in [-0.1, -0.05) is 38.1 Å². The molecule has 0 unspecified atom stereocenters. The second kappa shape index (κ2) is 13.2. The van der Waals surface area contributed by atoms with Crippen molar-refractivity contribution in [1.82, 2.24) is 24.7 Å². The number of alkyl carbamates (subject to hydrolysis) is 1. The van der Waals surface area contributed by atoms with E-state index in [1.165, 1.54) is 24.4 Å². The van der Waals surface area contributed by atoms with E-state index in [1.54, 1.807) is 6.07 Å². The Morgan fingerprint density at radius 1 is 1.02 bits per heavy atom. The smallest absolute Gasteiger partial charge is 0.408 e. The molecule has 3 aromatic rings. The topological polar surface area (TPSA) is 79.7 Å². The molecule has 254 valence electrons. The van der Waals surface area contributed by atoms with Gasteiger partial charge in [-0.25, -0.2) is 14.2 Å². The van der Waals surface area contributed by atoms with Crippen LogP contribution in [-0.2, 0) is 14.9 Å². The molecule has 4 atom stereocenters. The molecular formula is C38H52FN5O3. The number of hydrogen-bond acceptors (Lipinski definition) is 5. The van der Waals surface area contributed by atoms with Gasteiger partial charge in [-0.2, -0.15) is 0 Å². The van der Waals surface area contributed by atoms with Crippen molar-refractivity contribution in [3.8, 4) is 0 Å². The number of ether oxygens (including phenoxy) is 1. The molecule has 47 heavy (non-hydrogen) atoms. The maximum absolute atomic E-state index is 14.6. The minimum absolute atomic E-state index is 0.0823. The minimum Gasteiger partial charge on any atom is -0.444 e. The van der Waals surface area contributed by atoms with Crippen LogP contribution in [0.2, 0.25) is 0 Å². The van der Waals surface area contributed by atoms with E-state index in [1.807, 2.05) is 45.6 Å².